The maximum atomic E-state index is 13.3. The Labute approximate surface area is 176 Å². The van der Waals surface area contributed by atoms with E-state index in [1.807, 2.05) is 16.3 Å². The average Bonchev–Trinajstić information content (AvgIpc) is 3.29. The third-order valence-electron chi connectivity index (χ3n) is 6.21. The van der Waals surface area contributed by atoms with Gasteiger partial charge in [-0.05, 0) is 49.7 Å². The molecule has 0 bridgehead atoms. The van der Waals surface area contributed by atoms with Gasteiger partial charge in [0.1, 0.15) is 0 Å². The van der Waals surface area contributed by atoms with Crippen LogP contribution in [0.5, 0.6) is 0 Å². The van der Waals surface area contributed by atoms with Crippen molar-refractivity contribution in [1.29, 1.82) is 0 Å². The van der Waals surface area contributed by atoms with E-state index >= 15 is 0 Å². The number of nitrogens with one attached hydrogen (secondary N) is 1. The summed E-state index contributed by atoms with van der Waals surface area (Å²) in [5.74, 6) is 0.595. The minimum atomic E-state index is 0.00236. The van der Waals surface area contributed by atoms with Gasteiger partial charge in [0.15, 0.2) is 0 Å². The van der Waals surface area contributed by atoms with Crippen molar-refractivity contribution < 1.29 is 9.59 Å². The molecule has 0 saturated carbocycles. The topological polar surface area (TPSA) is 52.7 Å². The zero-order valence-electron chi connectivity index (χ0n) is 17.0. The number of amides is 3. The third-order valence-corrected chi connectivity index (χ3v) is 7.31. The molecular formula is C23H29N3O2S. The molecule has 0 spiro atoms. The summed E-state index contributed by atoms with van der Waals surface area (Å²) >= 11 is 1.69. The third kappa shape index (κ3) is 4.32. The Kier molecular flexibility index (Phi) is 6.19. The van der Waals surface area contributed by atoms with E-state index in [-0.39, 0.29) is 18.0 Å². The van der Waals surface area contributed by atoms with Crippen LogP contribution in [-0.4, -0.2) is 48.4 Å². The SMILES string of the molecule is CNC(=O)N1CCC(c2cc(C(=O)N3CCCCC3c3ccccc3)cs2)CC1. The Bertz CT molecular complexity index is 843. The molecule has 3 heterocycles. The molecule has 3 amide bonds. The highest BCUT2D eigenvalue weighted by Gasteiger charge is 2.30. The normalized spacial score (nSPS) is 20.5. The number of hydrogen-bond acceptors (Lipinski definition) is 3. The van der Waals surface area contributed by atoms with E-state index in [9.17, 15) is 9.59 Å². The monoisotopic (exact) mass is 411 g/mol. The quantitative estimate of drug-likeness (QED) is 0.800. The first kappa shape index (κ1) is 20.0. The lowest BCUT2D eigenvalue weighted by Crippen LogP contribution is -2.42. The van der Waals surface area contributed by atoms with Crippen LogP contribution in [0.4, 0.5) is 4.79 Å². The first-order valence-electron chi connectivity index (χ1n) is 10.6. The highest BCUT2D eigenvalue weighted by atomic mass is 32.1. The lowest BCUT2D eigenvalue weighted by Gasteiger charge is -2.36. The number of likely N-dealkylation sites (tertiary alicyclic amines) is 2. The zero-order valence-corrected chi connectivity index (χ0v) is 17.8. The van der Waals surface area contributed by atoms with Crippen molar-refractivity contribution in [3.8, 4) is 0 Å². The van der Waals surface area contributed by atoms with E-state index < -0.39 is 0 Å². The molecule has 6 heteroatoms. The average molecular weight is 412 g/mol. The van der Waals surface area contributed by atoms with Crippen molar-refractivity contribution in [3.63, 3.8) is 0 Å². The van der Waals surface area contributed by atoms with Gasteiger partial charge in [-0.3, -0.25) is 4.79 Å². The first-order chi connectivity index (χ1) is 14.2. The number of nitrogens with zero attached hydrogens (tertiary/aromatic N) is 2. The molecular weight excluding hydrogens is 382 g/mol. The van der Waals surface area contributed by atoms with E-state index in [2.05, 4.69) is 40.5 Å². The van der Waals surface area contributed by atoms with Gasteiger partial charge < -0.3 is 15.1 Å². The fourth-order valence-corrected chi connectivity index (χ4v) is 5.62. The van der Waals surface area contributed by atoms with E-state index in [1.165, 1.54) is 16.9 Å². The van der Waals surface area contributed by atoms with Gasteiger partial charge in [-0.15, -0.1) is 11.3 Å². The molecule has 2 fully saturated rings. The van der Waals surface area contributed by atoms with Crippen LogP contribution in [0.3, 0.4) is 0 Å². The minimum absolute atomic E-state index is 0.00236. The summed E-state index contributed by atoms with van der Waals surface area (Å²) in [7, 11) is 1.68. The first-order valence-corrected chi connectivity index (χ1v) is 11.5. The van der Waals surface area contributed by atoms with Gasteiger partial charge in [0.25, 0.3) is 5.91 Å². The van der Waals surface area contributed by atoms with Crippen LogP contribution in [0.15, 0.2) is 41.8 Å². The molecule has 1 aromatic heterocycles. The van der Waals surface area contributed by atoms with Gasteiger partial charge in [0.05, 0.1) is 11.6 Å². The lowest BCUT2D eigenvalue weighted by atomic mass is 9.93. The number of carbonyl (C=O) groups is 2. The van der Waals surface area contributed by atoms with E-state index in [4.69, 9.17) is 0 Å². The fourth-order valence-electron chi connectivity index (χ4n) is 4.57. The number of rotatable bonds is 3. The van der Waals surface area contributed by atoms with Crippen LogP contribution in [0.1, 0.15) is 64.9 Å². The van der Waals surface area contributed by atoms with Gasteiger partial charge >= 0.3 is 6.03 Å². The molecule has 154 valence electrons. The molecule has 2 aliphatic heterocycles. The smallest absolute Gasteiger partial charge is 0.317 e. The van der Waals surface area contributed by atoms with Crippen LogP contribution in [-0.2, 0) is 0 Å². The second-order valence-electron chi connectivity index (χ2n) is 7.98. The highest BCUT2D eigenvalue weighted by molar-refractivity contribution is 7.10. The number of carbonyl (C=O) groups excluding carboxylic acids is 2. The van der Waals surface area contributed by atoms with Crippen molar-refractivity contribution in [2.24, 2.45) is 0 Å². The second-order valence-corrected chi connectivity index (χ2v) is 8.92. The van der Waals surface area contributed by atoms with Crippen LogP contribution < -0.4 is 5.32 Å². The molecule has 2 aliphatic rings. The largest absolute Gasteiger partial charge is 0.341 e. The predicted octanol–water partition coefficient (Wildman–Crippen LogP) is 4.63. The molecule has 1 N–H and O–H groups in total. The minimum Gasteiger partial charge on any atom is -0.341 e. The summed E-state index contributed by atoms with van der Waals surface area (Å²) in [4.78, 5) is 30.3. The Morgan fingerprint density at radius 3 is 2.52 bits per heavy atom. The number of piperidine rings is 2. The molecule has 4 rings (SSSR count). The van der Waals surface area contributed by atoms with Gasteiger partial charge in [0, 0.05) is 36.9 Å². The van der Waals surface area contributed by atoms with Crippen molar-refractivity contribution in [2.75, 3.05) is 26.7 Å². The Hall–Kier alpha value is -2.34. The Balaban J connectivity index is 1.45. The van der Waals surface area contributed by atoms with E-state index in [0.717, 1.165) is 50.9 Å². The summed E-state index contributed by atoms with van der Waals surface area (Å²) in [6.07, 6.45) is 5.19. The van der Waals surface area contributed by atoms with Crippen LogP contribution in [0, 0.1) is 0 Å². The fraction of sp³-hybridized carbons (Fsp3) is 0.478. The molecule has 0 radical (unpaired) electrons. The van der Waals surface area contributed by atoms with Gasteiger partial charge in [-0.2, -0.15) is 0 Å². The van der Waals surface area contributed by atoms with Gasteiger partial charge in [-0.25, -0.2) is 4.79 Å². The molecule has 1 atom stereocenters. The Morgan fingerprint density at radius 1 is 1.03 bits per heavy atom. The van der Waals surface area contributed by atoms with Crippen molar-refractivity contribution in [3.05, 3.63) is 57.8 Å². The Morgan fingerprint density at radius 2 is 1.79 bits per heavy atom. The summed E-state index contributed by atoms with van der Waals surface area (Å²) in [6.45, 7) is 2.37. The maximum Gasteiger partial charge on any atom is 0.317 e. The molecule has 2 aromatic rings. The molecule has 1 aromatic carbocycles. The molecule has 1 unspecified atom stereocenters. The lowest BCUT2D eigenvalue weighted by molar-refractivity contribution is 0.0612. The second kappa shape index (κ2) is 8.99. The predicted molar refractivity (Wildman–Crippen MR) is 116 cm³/mol. The van der Waals surface area contributed by atoms with Crippen molar-refractivity contribution in [1.82, 2.24) is 15.1 Å². The summed E-state index contributed by atoms with van der Waals surface area (Å²) < 4.78 is 0. The molecule has 29 heavy (non-hydrogen) atoms. The number of hydrogen-bond donors (Lipinski definition) is 1. The molecule has 5 nitrogen and oxygen atoms in total. The summed E-state index contributed by atoms with van der Waals surface area (Å²) in [5, 5.41) is 4.73. The van der Waals surface area contributed by atoms with Crippen LogP contribution in [0.2, 0.25) is 0 Å². The van der Waals surface area contributed by atoms with Gasteiger partial charge in [-0.1, -0.05) is 30.3 Å². The van der Waals surface area contributed by atoms with Crippen LogP contribution >= 0.6 is 11.3 Å². The van der Waals surface area contributed by atoms with E-state index in [0.29, 0.717) is 5.92 Å². The zero-order chi connectivity index (χ0) is 20.2. The number of thiophene rings is 1. The molecule has 2 saturated heterocycles. The standard InChI is InChI=1S/C23H29N3O2S/c1-24-23(28)25-13-10-18(11-14-25)21-15-19(16-29-21)22(27)26-12-6-5-9-20(26)17-7-3-2-4-8-17/h2-4,7-8,15-16,18,20H,5-6,9-14H2,1H3,(H,24,28). The number of benzene rings is 1. The van der Waals surface area contributed by atoms with Gasteiger partial charge in [0.2, 0.25) is 0 Å². The summed E-state index contributed by atoms with van der Waals surface area (Å²) in [6, 6.07) is 12.7. The van der Waals surface area contributed by atoms with Crippen molar-refractivity contribution in [2.45, 2.75) is 44.1 Å². The summed E-state index contributed by atoms with van der Waals surface area (Å²) in [5.41, 5.74) is 2.05. The van der Waals surface area contributed by atoms with Crippen molar-refractivity contribution >= 4 is 23.3 Å². The maximum absolute atomic E-state index is 13.3. The molecule has 0 aliphatic carbocycles. The number of urea groups is 1. The highest BCUT2D eigenvalue weighted by Crippen LogP contribution is 2.35. The van der Waals surface area contributed by atoms with Crippen LogP contribution in [0.25, 0.3) is 0 Å². The van der Waals surface area contributed by atoms with E-state index in [1.54, 1.807) is 18.4 Å².